The van der Waals surface area contributed by atoms with Crippen LogP contribution in [0, 0.1) is 77.9 Å². The number of aryl methyl sites for hydroxylation is 6. The van der Waals surface area contributed by atoms with Crippen LogP contribution in [0.25, 0.3) is 89.8 Å². The molecule has 6 aromatic heterocycles. The van der Waals surface area contributed by atoms with Crippen LogP contribution in [0.4, 0.5) is 0 Å². The number of nitrogens with zero attached hydrogens (tertiary/aromatic N) is 6. The fraction of sp³-hybridized carbons (Fsp3) is 0.0899. The summed E-state index contributed by atoms with van der Waals surface area (Å²) in [5, 5.41) is 8.36. The predicted octanol–water partition coefficient (Wildman–Crippen LogP) is 21.5. The Bertz CT molecular complexity index is 4230. The molecular formula is C89H76Ir4N6O2-6. The zero-order valence-corrected chi connectivity index (χ0v) is 66.9. The van der Waals surface area contributed by atoms with Crippen molar-refractivity contribution in [1.82, 2.24) is 29.9 Å². The van der Waals surface area contributed by atoms with Gasteiger partial charge in [-0.1, -0.05) is 149 Å². The minimum Gasteiger partial charge on any atom is -0.512 e. The van der Waals surface area contributed by atoms with Gasteiger partial charge >= 0.3 is 0 Å². The molecule has 6 heterocycles. The van der Waals surface area contributed by atoms with Crippen molar-refractivity contribution in [3.63, 3.8) is 0 Å². The van der Waals surface area contributed by atoms with E-state index in [1.807, 2.05) is 219 Å². The fourth-order valence-corrected chi connectivity index (χ4v) is 9.65. The van der Waals surface area contributed by atoms with Crippen molar-refractivity contribution in [2.45, 2.75) is 55.4 Å². The summed E-state index contributed by atoms with van der Waals surface area (Å²) >= 11 is 0. The van der Waals surface area contributed by atoms with E-state index in [0.29, 0.717) is 0 Å². The van der Waals surface area contributed by atoms with E-state index in [1.54, 1.807) is 24.8 Å². The SMILES string of the molecule is CC(=O)C=C(C)O.Cc1cc(-c2[c-]cccc2)ncc1-c1ccccc1.Cc1cc(-c2[c-]cccc2)ncc1-c1ccccc1.Cc1cc[c-]c(-c2ccccn2)c1.Cc1cc[c-]c(-c2ccccn2)c1.Cc1cc[c-]c(-c2ccccn2)c1.Cc1cc[c-]c(-c2ccccn2)c1.[Ir].[Ir].[Ir].[Ir]. The standard InChI is InChI=1S/2C18H14N.4C12H10N.C5H8O2.4Ir/c2*1-14-12-18(16-10-6-3-7-11-16)19-13-17(14)15-8-4-2-5-9-15;4*1-10-5-4-6-11(9-10)12-7-2-3-8-13-12;1-4(6)3-5(2)7;;;;/h2*2-10,12-13H,1H3;4*2-5,7-9H,1H3;3,6H,1-2H3;;;;/q6*-1;;;;;. The van der Waals surface area contributed by atoms with Gasteiger partial charge in [0.05, 0.1) is 5.76 Å². The first kappa shape index (κ1) is 83.9. The summed E-state index contributed by atoms with van der Waals surface area (Å²) in [6.07, 6.45) is 12.2. The van der Waals surface area contributed by atoms with Crippen LogP contribution in [0.3, 0.4) is 0 Å². The molecule has 0 aliphatic carbocycles. The first-order valence-corrected chi connectivity index (χ1v) is 31.7. The first-order valence-electron chi connectivity index (χ1n) is 31.7. The summed E-state index contributed by atoms with van der Waals surface area (Å²) in [4.78, 5) is 36.2. The molecule has 8 aromatic carbocycles. The minimum absolute atomic E-state index is 0. The van der Waals surface area contributed by atoms with Gasteiger partial charge in [0.15, 0.2) is 5.78 Å². The van der Waals surface area contributed by atoms with Crippen molar-refractivity contribution in [2.24, 2.45) is 0 Å². The zero-order chi connectivity index (χ0) is 68.4. The third kappa shape index (κ3) is 28.9. The van der Waals surface area contributed by atoms with Crippen LogP contribution in [-0.4, -0.2) is 40.8 Å². The van der Waals surface area contributed by atoms with Gasteiger partial charge in [-0.25, -0.2) is 0 Å². The predicted molar refractivity (Wildman–Crippen MR) is 397 cm³/mol. The summed E-state index contributed by atoms with van der Waals surface area (Å²) in [7, 11) is 0. The van der Waals surface area contributed by atoms with Gasteiger partial charge in [0.2, 0.25) is 0 Å². The molecule has 0 atom stereocenters. The normalized spacial score (nSPS) is 9.80. The molecule has 0 saturated carbocycles. The van der Waals surface area contributed by atoms with Crippen LogP contribution in [0.2, 0.25) is 0 Å². The molecule has 101 heavy (non-hydrogen) atoms. The maximum absolute atomic E-state index is 10.0. The van der Waals surface area contributed by atoms with E-state index in [9.17, 15) is 4.79 Å². The smallest absolute Gasteiger partial charge is 0.155 e. The second-order valence-electron chi connectivity index (χ2n) is 22.4. The van der Waals surface area contributed by atoms with E-state index in [-0.39, 0.29) is 92.0 Å². The van der Waals surface area contributed by atoms with Crippen LogP contribution in [0.1, 0.15) is 47.2 Å². The number of carbonyl (C=O) groups excluding carboxylic acids is 1. The Kier molecular flexibility index (Phi) is 38.2. The van der Waals surface area contributed by atoms with E-state index in [2.05, 4.69) is 169 Å². The largest absolute Gasteiger partial charge is 0.512 e. The Morgan fingerprint density at radius 3 is 0.802 bits per heavy atom. The van der Waals surface area contributed by atoms with Crippen molar-refractivity contribution in [3.8, 4) is 89.8 Å². The van der Waals surface area contributed by atoms with Gasteiger partial charge in [-0.15, -0.1) is 213 Å². The van der Waals surface area contributed by atoms with Crippen molar-refractivity contribution < 1.29 is 90.3 Å². The number of aliphatic hydroxyl groups is 1. The summed E-state index contributed by atoms with van der Waals surface area (Å²) < 4.78 is 0. The molecule has 14 aromatic rings. The van der Waals surface area contributed by atoms with Gasteiger partial charge in [0.25, 0.3) is 0 Å². The Morgan fingerprint density at radius 2 is 0.584 bits per heavy atom. The van der Waals surface area contributed by atoms with Gasteiger partial charge in [0, 0.05) is 135 Å². The van der Waals surface area contributed by atoms with Crippen molar-refractivity contribution in [2.75, 3.05) is 0 Å². The number of pyridine rings is 6. The molecule has 12 heteroatoms. The third-order valence-corrected chi connectivity index (χ3v) is 14.4. The second-order valence-corrected chi connectivity index (χ2v) is 22.4. The number of rotatable bonds is 9. The van der Waals surface area contributed by atoms with Gasteiger partial charge in [-0.3, -0.25) is 4.79 Å². The Labute approximate surface area is 651 Å². The average Bonchev–Trinajstić information content (AvgIpc) is 0.716. The van der Waals surface area contributed by atoms with Crippen molar-refractivity contribution in [1.29, 1.82) is 0 Å². The Morgan fingerprint density at radius 1 is 0.307 bits per heavy atom. The summed E-state index contributed by atoms with van der Waals surface area (Å²) in [5.74, 6) is -0.0625. The topological polar surface area (TPSA) is 115 Å². The molecule has 0 saturated heterocycles. The molecule has 516 valence electrons. The molecular weight excluding hydrogens is 1950 g/mol. The summed E-state index contributed by atoms with van der Waals surface area (Å²) in [6.45, 7) is 15.4. The number of aliphatic hydroxyl groups excluding tert-OH is 1. The summed E-state index contributed by atoms with van der Waals surface area (Å²) in [6, 6.07) is 108. The van der Waals surface area contributed by atoms with Crippen molar-refractivity contribution in [3.05, 3.63) is 386 Å². The molecule has 0 unspecified atom stereocenters. The van der Waals surface area contributed by atoms with Gasteiger partial charge in [0.1, 0.15) is 0 Å². The maximum atomic E-state index is 10.0. The molecule has 8 nitrogen and oxygen atoms in total. The number of hydrogen-bond donors (Lipinski definition) is 1. The quantitative estimate of drug-likeness (QED) is 0.0863. The monoisotopic (exact) mass is 2030 g/mol. The van der Waals surface area contributed by atoms with E-state index >= 15 is 0 Å². The van der Waals surface area contributed by atoms with Crippen LogP contribution in [0.5, 0.6) is 0 Å². The number of carbonyl (C=O) groups is 1. The number of hydrogen-bond acceptors (Lipinski definition) is 8. The molecule has 0 bridgehead atoms. The van der Waals surface area contributed by atoms with E-state index in [1.165, 1.54) is 75.6 Å². The van der Waals surface area contributed by atoms with E-state index in [0.717, 1.165) is 67.5 Å². The summed E-state index contributed by atoms with van der Waals surface area (Å²) in [5.41, 5.74) is 24.3. The second kappa shape index (κ2) is 46.0. The molecule has 4 radical (unpaired) electrons. The molecule has 0 amide bonds. The van der Waals surface area contributed by atoms with Crippen molar-refractivity contribution >= 4 is 5.78 Å². The molecule has 0 aliphatic heterocycles. The number of allylic oxidation sites excluding steroid dienone is 2. The Balaban J connectivity index is 0.000000252. The maximum Gasteiger partial charge on any atom is 0.155 e. The minimum atomic E-state index is -0.125. The molecule has 0 spiro atoms. The number of aromatic nitrogens is 6. The molecule has 14 rings (SSSR count). The third-order valence-electron chi connectivity index (χ3n) is 14.4. The van der Waals surface area contributed by atoms with Crippen LogP contribution >= 0.6 is 0 Å². The van der Waals surface area contributed by atoms with Gasteiger partial charge in [-0.05, 0) is 108 Å². The average molecular weight is 2030 g/mol. The van der Waals surface area contributed by atoms with Crippen LogP contribution < -0.4 is 0 Å². The number of benzene rings is 8. The number of ketones is 1. The Hall–Kier alpha value is -9.53. The van der Waals surface area contributed by atoms with Gasteiger partial charge < -0.3 is 35.0 Å². The first-order chi connectivity index (χ1) is 47.3. The van der Waals surface area contributed by atoms with E-state index in [4.69, 9.17) is 5.11 Å². The fourth-order valence-electron chi connectivity index (χ4n) is 9.65. The van der Waals surface area contributed by atoms with E-state index < -0.39 is 0 Å². The van der Waals surface area contributed by atoms with Crippen LogP contribution in [-0.2, 0) is 85.2 Å². The molecule has 0 aliphatic rings. The zero-order valence-electron chi connectivity index (χ0n) is 57.3. The molecule has 0 fully saturated rings. The van der Waals surface area contributed by atoms with Gasteiger partial charge in [-0.2, -0.15) is 0 Å². The molecule has 1 N–H and O–H groups in total. The van der Waals surface area contributed by atoms with Crippen LogP contribution in [0.15, 0.2) is 316 Å².